The Morgan fingerprint density at radius 2 is 1.88 bits per heavy atom. The average Bonchev–Trinajstić information content (AvgIpc) is 2.99. The maximum atomic E-state index is 12.5. The van der Waals surface area contributed by atoms with Gasteiger partial charge < -0.3 is 10.1 Å². The quantitative estimate of drug-likeness (QED) is 0.827. The van der Waals surface area contributed by atoms with Gasteiger partial charge in [0.05, 0.1) is 12.0 Å². The number of nitrogens with one attached hydrogen (secondary N) is 1. The van der Waals surface area contributed by atoms with E-state index in [0.29, 0.717) is 0 Å². The second-order valence-corrected chi connectivity index (χ2v) is 5.98. The van der Waals surface area contributed by atoms with Crippen molar-refractivity contribution >= 4 is 28.9 Å². The van der Waals surface area contributed by atoms with Crippen LogP contribution >= 0.6 is 11.3 Å². The van der Waals surface area contributed by atoms with Gasteiger partial charge in [-0.3, -0.25) is 9.59 Å². The monoisotopic (exact) mass is 357 g/mol. The van der Waals surface area contributed by atoms with Crippen molar-refractivity contribution in [1.82, 2.24) is 0 Å². The number of esters is 1. The Morgan fingerprint density at radius 1 is 1.21 bits per heavy atom. The van der Waals surface area contributed by atoms with Gasteiger partial charge in [0.15, 0.2) is 6.10 Å². The van der Waals surface area contributed by atoms with E-state index < -0.39 is 29.7 Å². The van der Waals surface area contributed by atoms with Gasteiger partial charge in [-0.2, -0.15) is 13.2 Å². The van der Waals surface area contributed by atoms with E-state index in [1.807, 2.05) is 5.38 Å². The molecule has 24 heavy (non-hydrogen) atoms. The maximum absolute atomic E-state index is 12.5. The number of hydrogen-bond donors (Lipinski definition) is 1. The molecule has 0 saturated carbocycles. The zero-order valence-corrected chi connectivity index (χ0v) is 13.4. The first-order valence-corrected chi connectivity index (χ1v) is 7.83. The molecular formula is C16H14F3NO3S. The summed E-state index contributed by atoms with van der Waals surface area (Å²) in [6.07, 6.45) is -5.43. The van der Waals surface area contributed by atoms with Crippen LogP contribution in [0.15, 0.2) is 41.8 Å². The smallest absolute Gasteiger partial charge is 0.416 e. The molecule has 0 saturated heterocycles. The Bertz CT molecular complexity index is 696. The van der Waals surface area contributed by atoms with Crippen LogP contribution in [0.3, 0.4) is 0 Å². The number of carbonyl (C=O) groups is 2. The molecule has 0 aliphatic carbocycles. The molecule has 1 unspecified atom stereocenters. The number of carbonyl (C=O) groups excluding carboxylic acids is 2. The van der Waals surface area contributed by atoms with Crippen LogP contribution in [0.1, 0.15) is 17.4 Å². The highest BCUT2D eigenvalue weighted by atomic mass is 32.1. The summed E-state index contributed by atoms with van der Waals surface area (Å²) in [4.78, 5) is 24.5. The number of anilines is 1. The van der Waals surface area contributed by atoms with Gasteiger partial charge in [0.1, 0.15) is 0 Å². The van der Waals surface area contributed by atoms with Crippen molar-refractivity contribution in [2.45, 2.75) is 25.6 Å². The predicted molar refractivity (Wildman–Crippen MR) is 83.7 cm³/mol. The molecule has 1 N–H and O–H groups in total. The fourth-order valence-corrected chi connectivity index (χ4v) is 2.52. The first-order valence-electron chi connectivity index (χ1n) is 6.95. The molecule has 0 radical (unpaired) electrons. The minimum absolute atomic E-state index is 0.0650. The van der Waals surface area contributed by atoms with Crippen LogP contribution in [-0.2, 0) is 26.9 Å². The number of benzene rings is 1. The molecule has 1 atom stereocenters. The van der Waals surface area contributed by atoms with Crippen LogP contribution in [-0.4, -0.2) is 18.0 Å². The van der Waals surface area contributed by atoms with Crippen molar-refractivity contribution in [2.24, 2.45) is 0 Å². The average molecular weight is 357 g/mol. The SMILES string of the molecule is CC(OC(=O)Cc1cccs1)C(=O)Nc1ccc(C(F)(F)F)cc1. The van der Waals surface area contributed by atoms with Crippen LogP contribution in [0.25, 0.3) is 0 Å². The predicted octanol–water partition coefficient (Wildman–Crippen LogP) is 3.88. The summed E-state index contributed by atoms with van der Waals surface area (Å²) in [6.45, 7) is 1.39. The van der Waals surface area contributed by atoms with Crippen molar-refractivity contribution in [3.05, 3.63) is 52.2 Å². The number of rotatable bonds is 5. The number of hydrogen-bond acceptors (Lipinski definition) is 4. The standard InChI is InChI=1S/C16H14F3NO3S/c1-10(23-14(21)9-13-3-2-8-24-13)15(22)20-12-6-4-11(5-7-12)16(17,18)19/h2-8,10H,9H2,1H3,(H,20,22). The molecule has 0 aliphatic heterocycles. The molecule has 8 heteroatoms. The lowest BCUT2D eigenvalue weighted by Crippen LogP contribution is -2.30. The van der Waals surface area contributed by atoms with Gasteiger partial charge in [0.25, 0.3) is 5.91 Å². The third-order valence-corrected chi connectivity index (χ3v) is 3.93. The molecule has 0 aliphatic rings. The van der Waals surface area contributed by atoms with E-state index in [4.69, 9.17) is 4.74 Å². The second-order valence-electron chi connectivity index (χ2n) is 4.95. The number of thiophene rings is 1. The lowest BCUT2D eigenvalue weighted by molar-refractivity contribution is -0.152. The van der Waals surface area contributed by atoms with E-state index in [2.05, 4.69) is 5.32 Å². The van der Waals surface area contributed by atoms with Crippen LogP contribution in [0.4, 0.5) is 18.9 Å². The zero-order chi connectivity index (χ0) is 17.7. The number of ether oxygens (including phenoxy) is 1. The van der Waals surface area contributed by atoms with Gasteiger partial charge in [-0.05, 0) is 42.6 Å². The minimum atomic E-state index is -4.44. The van der Waals surface area contributed by atoms with Crippen molar-refractivity contribution in [2.75, 3.05) is 5.32 Å². The van der Waals surface area contributed by atoms with E-state index in [9.17, 15) is 22.8 Å². The van der Waals surface area contributed by atoms with Gasteiger partial charge >= 0.3 is 12.1 Å². The van der Waals surface area contributed by atoms with Gasteiger partial charge in [0.2, 0.25) is 0 Å². The van der Waals surface area contributed by atoms with Crippen molar-refractivity contribution in [3.63, 3.8) is 0 Å². The molecule has 0 spiro atoms. The van der Waals surface area contributed by atoms with Crippen LogP contribution in [0, 0.1) is 0 Å². The van der Waals surface area contributed by atoms with E-state index in [-0.39, 0.29) is 12.1 Å². The summed E-state index contributed by atoms with van der Waals surface area (Å²) in [6, 6.07) is 7.58. The largest absolute Gasteiger partial charge is 0.452 e. The molecule has 1 amide bonds. The molecule has 1 aromatic carbocycles. The van der Waals surface area contributed by atoms with Gasteiger partial charge in [-0.15, -0.1) is 11.3 Å². The third-order valence-electron chi connectivity index (χ3n) is 3.06. The van der Waals surface area contributed by atoms with E-state index in [1.54, 1.807) is 12.1 Å². The second kappa shape index (κ2) is 7.48. The summed E-state index contributed by atoms with van der Waals surface area (Å²) >= 11 is 1.40. The van der Waals surface area contributed by atoms with Crippen molar-refractivity contribution in [1.29, 1.82) is 0 Å². The Morgan fingerprint density at radius 3 is 2.42 bits per heavy atom. The normalized spacial score (nSPS) is 12.5. The molecule has 4 nitrogen and oxygen atoms in total. The Hall–Kier alpha value is -2.35. The fraction of sp³-hybridized carbons (Fsp3) is 0.250. The Balaban J connectivity index is 1.88. The molecule has 0 bridgehead atoms. The first kappa shape index (κ1) is 18.0. The van der Waals surface area contributed by atoms with Gasteiger partial charge in [0, 0.05) is 10.6 Å². The number of alkyl halides is 3. The zero-order valence-electron chi connectivity index (χ0n) is 12.6. The first-order chi connectivity index (χ1) is 11.3. The lowest BCUT2D eigenvalue weighted by atomic mass is 10.2. The summed E-state index contributed by atoms with van der Waals surface area (Å²) < 4.78 is 42.4. The molecular weight excluding hydrogens is 343 g/mol. The number of halogens is 3. The highest BCUT2D eigenvalue weighted by Gasteiger charge is 2.30. The number of amides is 1. The van der Waals surface area contributed by atoms with Gasteiger partial charge in [-0.1, -0.05) is 6.07 Å². The third kappa shape index (κ3) is 5.09. The molecule has 1 aromatic heterocycles. The van der Waals surface area contributed by atoms with Crippen LogP contribution < -0.4 is 5.32 Å². The summed E-state index contributed by atoms with van der Waals surface area (Å²) in [5, 5.41) is 4.23. The van der Waals surface area contributed by atoms with E-state index >= 15 is 0 Å². The summed E-state index contributed by atoms with van der Waals surface area (Å²) in [5.74, 6) is -1.16. The molecule has 2 aromatic rings. The Labute approximate surface area is 140 Å². The van der Waals surface area contributed by atoms with E-state index in [0.717, 1.165) is 29.1 Å². The van der Waals surface area contributed by atoms with Gasteiger partial charge in [-0.25, -0.2) is 0 Å². The van der Waals surface area contributed by atoms with Crippen molar-refractivity contribution < 1.29 is 27.5 Å². The highest BCUT2D eigenvalue weighted by Crippen LogP contribution is 2.29. The maximum Gasteiger partial charge on any atom is 0.416 e. The molecule has 0 fully saturated rings. The summed E-state index contributed by atoms with van der Waals surface area (Å²) in [7, 11) is 0. The summed E-state index contributed by atoms with van der Waals surface area (Å²) in [5.41, 5.74) is -0.620. The highest BCUT2D eigenvalue weighted by molar-refractivity contribution is 7.10. The fourth-order valence-electron chi connectivity index (χ4n) is 1.83. The Kier molecular flexibility index (Phi) is 5.61. The molecule has 128 valence electrons. The van der Waals surface area contributed by atoms with Crippen LogP contribution in [0.5, 0.6) is 0 Å². The topological polar surface area (TPSA) is 55.4 Å². The molecule has 2 rings (SSSR count). The minimum Gasteiger partial charge on any atom is -0.452 e. The molecule has 1 heterocycles. The van der Waals surface area contributed by atoms with E-state index in [1.165, 1.54) is 18.3 Å². The van der Waals surface area contributed by atoms with Crippen LogP contribution in [0.2, 0.25) is 0 Å². The lowest BCUT2D eigenvalue weighted by Gasteiger charge is -2.14. The van der Waals surface area contributed by atoms with Crippen molar-refractivity contribution in [3.8, 4) is 0 Å².